The molecule has 0 unspecified atom stereocenters. The van der Waals surface area contributed by atoms with E-state index in [4.69, 9.17) is 10.2 Å². The van der Waals surface area contributed by atoms with E-state index < -0.39 is 12.1 Å². The van der Waals surface area contributed by atoms with Gasteiger partial charge in [0.1, 0.15) is 0 Å². The largest absolute Gasteiger partial charge is 0.362 e. The molecule has 3 nitrogen and oxygen atoms in total. The normalized spacial score (nSPS) is 10.3. The average molecular weight is 192 g/mol. The summed E-state index contributed by atoms with van der Waals surface area (Å²) in [5.41, 5.74) is 1.92. The van der Waals surface area contributed by atoms with Crippen molar-refractivity contribution in [2.24, 2.45) is 0 Å². The molecule has 1 aromatic rings. The molecule has 0 aromatic heterocycles. The average Bonchev–Trinajstić information content (AvgIpc) is 2.16. The van der Waals surface area contributed by atoms with Crippen molar-refractivity contribution in [2.75, 3.05) is 0 Å². The number of hydrogen-bond donors (Lipinski definition) is 2. The van der Waals surface area contributed by atoms with Gasteiger partial charge in [0.05, 0.1) is 0 Å². The van der Waals surface area contributed by atoms with Crippen LogP contribution in [0.15, 0.2) is 30.8 Å². The molecule has 0 saturated carbocycles. The molecule has 2 N–H and O–H groups in total. The Labute approximate surface area is 82.3 Å². The van der Waals surface area contributed by atoms with E-state index in [1.54, 1.807) is 12.1 Å². The van der Waals surface area contributed by atoms with Crippen LogP contribution < -0.4 is 0 Å². The second-order valence-corrected chi connectivity index (χ2v) is 3.10. The van der Waals surface area contributed by atoms with E-state index >= 15 is 0 Å². The molecule has 0 fully saturated rings. The zero-order valence-corrected chi connectivity index (χ0v) is 7.90. The van der Waals surface area contributed by atoms with Crippen LogP contribution in [0.3, 0.4) is 0 Å². The summed E-state index contributed by atoms with van der Waals surface area (Å²) in [4.78, 5) is 11.2. The lowest BCUT2D eigenvalue weighted by atomic mass is 10.0. The summed E-state index contributed by atoms with van der Waals surface area (Å²) >= 11 is 0. The SMILES string of the molecule is C=C(C)c1cccc(C(=O)C(O)O)c1. The zero-order chi connectivity index (χ0) is 10.7. The Bertz CT molecular complexity index is 367. The highest BCUT2D eigenvalue weighted by Gasteiger charge is 2.13. The first-order valence-corrected chi connectivity index (χ1v) is 4.18. The third-order valence-electron chi connectivity index (χ3n) is 1.87. The molecular formula is C11H12O3. The van der Waals surface area contributed by atoms with Crippen molar-refractivity contribution >= 4 is 11.4 Å². The van der Waals surface area contributed by atoms with Gasteiger partial charge in [-0.3, -0.25) is 4.79 Å². The van der Waals surface area contributed by atoms with Gasteiger partial charge in [-0.05, 0) is 18.6 Å². The molecule has 0 atom stereocenters. The summed E-state index contributed by atoms with van der Waals surface area (Å²) < 4.78 is 0. The lowest BCUT2D eigenvalue weighted by Crippen LogP contribution is -2.19. The van der Waals surface area contributed by atoms with Crippen molar-refractivity contribution in [3.05, 3.63) is 42.0 Å². The summed E-state index contributed by atoms with van der Waals surface area (Å²) in [6.07, 6.45) is -1.95. The van der Waals surface area contributed by atoms with Crippen molar-refractivity contribution in [2.45, 2.75) is 13.2 Å². The molecule has 0 saturated heterocycles. The van der Waals surface area contributed by atoms with E-state index in [1.807, 2.05) is 13.0 Å². The van der Waals surface area contributed by atoms with Gasteiger partial charge in [-0.15, -0.1) is 0 Å². The molecule has 0 spiro atoms. The number of ketones is 1. The van der Waals surface area contributed by atoms with Crippen LogP contribution in [0.25, 0.3) is 5.57 Å². The molecule has 1 rings (SSSR count). The first kappa shape index (κ1) is 10.6. The maximum Gasteiger partial charge on any atom is 0.218 e. The number of Topliss-reactive ketones (excluding diaryl/α,β-unsaturated/α-hetero) is 1. The minimum Gasteiger partial charge on any atom is -0.362 e. The molecule has 0 heterocycles. The van der Waals surface area contributed by atoms with Crippen LogP contribution in [-0.4, -0.2) is 22.3 Å². The third-order valence-corrected chi connectivity index (χ3v) is 1.87. The summed E-state index contributed by atoms with van der Waals surface area (Å²) in [6.45, 7) is 5.55. The quantitative estimate of drug-likeness (QED) is 0.559. The fourth-order valence-electron chi connectivity index (χ4n) is 1.09. The van der Waals surface area contributed by atoms with Crippen molar-refractivity contribution in [1.29, 1.82) is 0 Å². The lowest BCUT2D eigenvalue weighted by Gasteiger charge is -2.05. The van der Waals surface area contributed by atoms with Gasteiger partial charge in [0, 0.05) is 5.56 Å². The topological polar surface area (TPSA) is 57.5 Å². The van der Waals surface area contributed by atoms with Gasteiger partial charge in [0.25, 0.3) is 0 Å². The maximum atomic E-state index is 11.2. The summed E-state index contributed by atoms with van der Waals surface area (Å²) in [5.74, 6) is -0.701. The van der Waals surface area contributed by atoms with Crippen LogP contribution in [0.2, 0.25) is 0 Å². The highest BCUT2D eigenvalue weighted by molar-refractivity contribution is 5.98. The van der Waals surface area contributed by atoms with Gasteiger partial charge in [-0.2, -0.15) is 0 Å². The maximum absolute atomic E-state index is 11.2. The van der Waals surface area contributed by atoms with E-state index in [1.165, 1.54) is 6.07 Å². The number of carbonyl (C=O) groups is 1. The number of benzene rings is 1. The molecule has 3 heteroatoms. The highest BCUT2D eigenvalue weighted by atomic mass is 16.5. The van der Waals surface area contributed by atoms with Gasteiger partial charge in [-0.25, -0.2) is 0 Å². The molecule has 0 radical (unpaired) electrons. The van der Waals surface area contributed by atoms with Crippen LogP contribution >= 0.6 is 0 Å². The van der Waals surface area contributed by atoms with Crippen molar-refractivity contribution < 1.29 is 15.0 Å². The number of rotatable bonds is 3. The molecular weight excluding hydrogens is 180 g/mol. The van der Waals surface area contributed by atoms with Gasteiger partial charge in [0.15, 0.2) is 0 Å². The molecule has 0 amide bonds. The Hall–Kier alpha value is -1.45. The number of aliphatic hydroxyl groups is 2. The van der Waals surface area contributed by atoms with Crippen LogP contribution in [-0.2, 0) is 0 Å². The van der Waals surface area contributed by atoms with Crippen LogP contribution in [0.1, 0.15) is 22.8 Å². The Morgan fingerprint density at radius 1 is 1.36 bits per heavy atom. The van der Waals surface area contributed by atoms with E-state index in [0.717, 1.165) is 11.1 Å². The van der Waals surface area contributed by atoms with Crippen LogP contribution in [0.4, 0.5) is 0 Å². The predicted molar refractivity (Wildman–Crippen MR) is 53.7 cm³/mol. The summed E-state index contributed by atoms with van der Waals surface area (Å²) in [6, 6.07) is 6.61. The first-order valence-electron chi connectivity index (χ1n) is 4.18. The van der Waals surface area contributed by atoms with Gasteiger partial charge in [-0.1, -0.05) is 30.4 Å². The van der Waals surface area contributed by atoms with Gasteiger partial charge < -0.3 is 10.2 Å². The number of carbonyl (C=O) groups excluding carboxylic acids is 1. The van der Waals surface area contributed by atoms with Crippen molar-refractivity contribution in [1.82, 2.24) is 0 Å². The predicted octanol–water partition coefficient (Wildman–Crippen LogP) is 1.21. The van der Waals surface area contributed by atoms with Crippen LogP contribution in [0.5, 0.6) is 0 Å². The Morgan fingerprint density at radius 3 is 2.43 bits per heavy atom. The van der Waals surface area contributed by atoms with Crippen LogP contribution in [0, 0.1) is 0 Å². The Kier molecular flexibility index (Phi) is 3.17. The Morgan fingerprint density at radius 2 is 1.93 bits per heavy atom. The third kappa shape index (κ3) is 2.28. The minimum atomic E-state index is -1.95. The van der Waals surface area contributed by atoms with Crippen molar-refractivity contribution in [3.8, 4) is 0 Å². The fraction of sp³-hybridized carbons (Fsp3) is 0.182. The second-order valence-electron chi connectivity index (χ2n) is 3.10. The molecule has 0 aliphatic rings. The van der Waals surface area contributed by atoms with Crippen molar-refractivity contribution in [3.63, 3.8) is 0 Å². The zero-order valence-electron chi connectivity index (χ0n) is 7.90. The standard InChI is InChI=1S/C11H12O3/c1-7(2)8-4-3-5-9(6-8)10(12)11(13)14/h3-6,11,13-14H,1H2,2H3. The second kappa shape index (κ2) is 4.17. The molecule has 0 aliphatic heterocycles. The van der Waals surface area contributed by atoms with E-state index in [2.05, 4.69) is 6.58 Å². The number of aliphatic hydroxyl groups excluding tert-OH is 1. The molecule has 1 aromatic carbocycles. The lowest BCUT2D eigenvalue weighted by molar-refractivity contribution is -0.0195. The fourth-order valence-corrected chi connectivity index (χ4v) is 1.09. The van der Waals surface area contributed by atoms with Gasteiger partial charge >= 0.3 is 0 Å². The molecule has 14 heavy (non-hydrogen) atoms. The van der Waals surface area contributed by atoms with Gasteiger partial charge in [0.2, 0.25) is 12.1 Å². The molecule has 0 aliphatic carbocycles. The smallest absolute Gasteiger partial charge is 0.218 e. The number of allylic oxidation sites excluding steroid dienone is 1. The molecule has 74 valence electrons. The monoisotopic (exact) mass is 192 g/mol. The minimum absolute atomic E-state index is 0.278. The van der Waals surface area contributed by atoms with E-state index in [9.17, 15) is 4.79 Å². The van der Waals surface area contributed by atoms with E-state index in [-0.39, 0.29) is 5.56 Å². The van der Waals surface area contributed by atoms with E-state index in [0.29, 0.717) is 0 Å². The Balaban J connectivity index is 3.06. The highest BCUT2D eigenvalue weighted by Crippen LogP contribution is 2.14. The summed E-state index contributed by atoms with van der Waals surface area (Å²) in [5, 5.41) is 17.4. The first-order chi connectivity index (χ1) is 6.52. The summed E-state index contributed by atoms with van der Waals surface area (Å²) in [7, 11) is 0. The molecule has 0 bridgehead atoms. The number of hydrogen-bond acceptors (Lipinski definition) is 3.